The quantitative estimate of drug-likeness (QED) is 0.766. The molecule has 0 spiro atoms. The normalized spacial score (nSPS) is 21.1. The summed E-state index contributed by atoms with van der Waals surface area (Å²) in [4.78, 5) is 13.1. The molecule has 5 nitrogen and oxygen atoms in total. The van der Waals surface area contributed by atoms with Gasteiger partial charge in [0.15, 0.2) is 0 Å². The van der Waals surface area contributed by atoms with Crippen LogP contribution in [0.15, 0.2) is 39.6 Å². The van der Waals surface area contributed by atoms with E-state index in [1.165, 1.54) is 18.4 Å². The third-order valence-electron chi connectivity index (χ3n) is 4.58. The van der Waals surface area contributed by atoms with Crippen LogP contribution in [0.5, 0.6) is 0 Å². The number of nitrogens with one attached hydrogen (secondary N) is 2. The highest BCUT2D eigenvalue weighted by atomic mass is 32.2. The van der Waals surface area contributed by atoms with Crippen LogP contribution in [0.2, 0.25) is 0 Å². The number of sulfonamides is 1. The fourth-order valence-corrected chi connectivity index (χ4v) is 5.08. The largest absolute Gasteiger partial charge is 0.325 e. The second kappa shape index (κ2) is 7.93. The van der Waals surface area contributed by atoms with Crippen molar-refractivity contribution in [3.8, 4) is 0 Å². The minimum absolute atomic E-state index is 0.0713. The highest BCUT2D eigenvalue weighted by Gasteiger charge is 2.22. The van der Waals surface area contributed by atoms with Crippen molar-refractivity contribution in [1.82, 2.24) is 4.72 Å². The lowest BCUT2D eigenvalue weighted by Crippen LogP contribution is -2.25. The number of hydrogen-bond donors (Lipinski definition) is 2. The van der Waals surface area contributed by atoms with Crippen molar-refractivity contribution in [1.29, 1.82) is 0 Å². The van der Waals surface area contributed by atoms with Gasteiger partial charge in [-0.1, -0.05) is 18.6 Å². The number of amides is 1. The van der Waals surface area contributed by atoms with E-state index < -0.39 is 10.0 Å². The van der Waals surface area contributed by atoms with E-state index in [-0.39, 0.29) is 16.7 Å². The summed E-state index contributed by atoms with van der Waals surface area (Å²) >= 11 is 1.57. The van der Waals surface area contributed by atoms with Gasteiger partial charge in [0, 0.05) is 23.1 Å². The Labute approximate surface area is 153 Å². The molecular weight excluding hydrogens is 356 g/mol. The molecule has 0 saturated heterocycles. The fraction of sp³-hybridized carbons (Fsp3) is 0.500. The van der Waals surface area contributed by atoms with E-state index in [0.29, 0.717) is 18.0 Å². The van der Waals surface area contributed by atoms with Crippen LogP contribution >= 0.6 is 11.8 Å². The topological polar surface area (TPSA) is 75.3 Å². The standard InChI is InChI=1S/C18H24N2O3S2/c1-13-12-24-17-8-7-15(11-16(17)20-18(13)21)25(22,23)19-10-9-14-5-3-2-4-6-14/h5,7-8,11,13,19H,2-4,6,9-10,12H2,1H3,(H,20,21)/t13-/m0/s1. The number of fused-ring (bicyclic) bond motifs is 1. The molecule has 1 amide bonds. The molecule has 136 valence electrons. The first-order valence-electron chi connectivity index (χ1n) is 8.71. The van der Waals surface area contributed by atoms with Gasteiger partial charge in [-0.05, 0) is 50.3 Å². The molecule has 1 aliphatic heterocycles. The second-order valence-electron chi connectivity index (χ2n) is 6.62. The number of allylic oxidation sites excluding steroid dienone is 1. The van der Waals surface area contributed by atoms with E-state index in [0.717, 1.165) is 24.2 Å². The second-order valence-corrected chi connectivity index (χ2v) is 9.44. The van der Waals surface area contributed by atoms with E-state index in [4.69, 9.17) is 0 Å². The minimum Gasteiger partial charge on any atom is -0.325 e. The van der Waals surface area contributed by atoms with Gasteiger partial charge in [0.1, 0.15) is 0 Å². The maximum absolute atomic E-state index is 12.5. The zero-order valence-corrected chi connectivity index (χ0v) is 16.0. The first kappa shape index (κ1) is 18.5. The van der Waals surface area contributed by atoms with Crippen molar-refractivity contribution >= 4 is 33.4 Å². The predicted molar refractivity (Wildman–Crippen MR) is 101 cm³/mol. The number of anilines is 1. The van der Waals surface area contributed by atoms with Crippen LogP contribution in [-0.2, 0) is 14.8 Å². The van der Waals surface area contributed by atoms with Crippen LogP contribution in [0.25, 0.3) is 0 Å². The van der Waals surface area contributed by atoms with Gasteiger partial charge in [-0.3, -0.25) is 4.79 Å². The van der Waals surface area contributed by atoms with Crippen molar-refractivity contribution < 1.29 is 13.2 Å². The highest BCUT2D eigenvalue weighted by Crippen LogP contribution is 2.34. The average molecular weight is 381 g/mol. The summed E-state index contributed by atoms with van der Waals surface area (Å²) in [7, 11) is -3.58. The van der Waals surface area contributed by atoms with Crippen molar-refractivity contribution in [3.63, 3.8) is 0 Å². The molecule has 0 bridgehead atoms. The van der Waals surface area contributed by atoms with E-state index in [1.807, 2.05) is 6.92 Å². The SMILES string of the molecule is C[C@H]1CSc2ccc(S(=O)(=O)NCCC3=CCCCC3)cc2NC1=O. The number of carbonyl (C=O) groups excluding carboxylic acids is 1. The Bertz CT molecular complexity index is 788. The summed E-state index contributed by atoms with van der Waals surface area (Å²) in [6.45, 7) is 2.27. The third-order valence-corrected chi connectivity index (χ3v) is 7.37. The monoisotopic (exact) mass is 380 g/mol. The molecule has 1 aromatic carbocycles. The number of thioether (sulfide) groups is 1. The van der Waals surface area contributed by atoms with Gasteiger partial charge in [0.2, 0.25) is 15.9 Å². The molecule has 3 rings (SSSR count). The van der Waals surface area contributed by atoms with Gasteiger partial charge in [0.25, 0.3) is 0 Å². The maximum atomic E-state index is 12.5. The van der Waals surface area contributed by atoms with Gasteiger partial charge in [0.05, 0.1) is 10.6 Å². The molecular formula is C18H24N2O3S2. The summed E-state index contributed by atoms with van der Waals surface area (Å²) in [5.74, 6) is 0.524. The van der Waals surface area contributed by atoms with Crippen LogP contribution in [0.3, 0.4) is 0 Å². The molecule has 0 radical (unpaired) electrons. The van der Waals surface area contributed by atoms with Crippen LogP contribution < -0.4 is 10.0 Å². The first-order chi connectivity index (χ1) is 12.0. The van der Waals surface area contributed by atoms with Crippen LogP contribution in [0.1, 0.15) is 39.0 Å². The number of benzene rings is 1. The summed E-state index contributed by atoms with van der Waals surface area (Å²) < 4.78 is 27.8. The van der Waals surface area contributed by atoms with Crippen LogP contribution in [0, 0.1) is 5.92 Å². The van der Waals surface area contributed by atoms with Gasteiger partial charge in [-0.2, -0.15) is 0 Å². The smallest absolute Gasteiger partial charge is 0.240 e. The lowest BCUT2D eigenvalue weighted by molar-refractivity contribution is -0.118. The first-order valence-corrected chi connectivity index (χ1v) is 11.2. The maximum Gasteiger partial charge on any atom is 0.240 e. The molecule has 1 heterocycles. The van der Waals surface area contributed by atoms with Crippen molar-refractivity contribution in [2.45, 2.75) is 48.8 Å². The lowest BCUT2D eigenvalue weighted by atomic mass is 9.97. The molecule has 25 heavy (non-hydrogen) atoms. The molecule has 1 aliphatic carbocycles. The summed E-state index contributed by atoms with van der Waals surface area (Å²) in [6.07, 6.45) is 7.58. The average Bonchev–Trinajstić information content (AvgIpc) is 2.74. The molecule has 1 aromatic rings. The van der Waals surface area contributed by atoms with E-state index >= 15 is 0 Å². The summed E-state index contributed by atoms with van der Waals surface area (Å²) in [5, 5.41) is 2.83. The van der Waals surface area contributed by atoms with Gasteiger partial charge >= 0.3 is 0 Å². The molecule has 1 atom stereocenters. The number of carbonyl (C=O) groups is 1. The Morgan fingerprint density at radius 3 is 2.92 bits per heavy atom. The summed E-state index contributed by atoms with van der Waals surface area (Å²) in [5.41, 5.74) is 1.92. The van der Waals surface area contributed by atoms with Gasteiger partial charge < -0.3 is 5.32 Å². The molecule has 7 heteroatoms. The Morgan fingerprint density at radius 1 is 1.32 bits per heavy atom. The molecule has 0 saturated carbocycles. The highest BCUT2D eigenvalue weighted by molar-refractivity contribution is 7.99. The fourth-order valence-electron chi connectivity index (χ4n) is 3.01. The Morgan fingerprint density at radius 2 is 2.16 bits per heavy atom. The minimum atomic E-state index is -3.58. The zero-order chi connectivity index (χ0) is 17.9. The van der Waals surface area contributed by atoms with Crippen LogP contribution in [-0.4, -0.2) is 26.6 Å². The molecule has 0 unspecified atom stereocenters. The van der Waals surface area contributed by atoms with Crippen LogP contribution in [0.4, 0.5) is 5.69 Å². The van der Waals surface area contributed by atoms with Gasteiger partial charge in [-0.25, -0.2) is 13.1 Å². The summed E-state index contributed by atoms with van der Waals surface area (Å²) in [6, 6.07) is 4.94. The van der Waals surface area contributed by atoms with Crippen molar-refractivity contribution in [3.05, 3.63) is 29.8 Å². The van der Waals surface area contributed by atoms with Gasteiger partial charge in [-0.15, -0.1) is 11.8 Å². The van der Waals surface area contributed by atoms with E-state index in [2.05, 4.69) is 16.1 Å². The lowest BCUT2D eigenvalue weighted by Gasteiger charge is -2.14. The molecule has 2 aliphatic rings. The Kier molecular flexibility index (Phi) is 5.86. The van der Waals surface area contributed by atoms with Crippen molar-refractivity contribution in [2.75, 3.05) is 17.6 Å². The van der Waals surface area contributed by atoms with Crippen molar-refractivity contribution in [2.24, 2.45) is 5.92 Å². The Hall–Kier alpha value is -1.31. The third kappa shape index (κ3) is 4.65. The predicted octanol–water partition coefficient (Wildman–Crippen LogP) is 3.54. The molecule has 2 N–H and O–H groups in total. The molecule has 0 fully saturated rings. The molecule has 0 aromatic heterocycles. The number of hydrogen-bond acceptors (Lipinski definition) is 4. The zero-order valence-electron chi connectivity index (χ0n) is 14.4. The Balaban J connectivity index is 1.69. The number of rotatable bonds is 5. The van der Waals surface area contributed by atoms with E-state index in [9.17, 15) is 13.2 Å². The van der Waals surface area contributed by atoms with E-state index in [1.54, 1.807) is 30.0 Å².